The zero-order chi connectivity index (χ0) is 13.8. The SMILES string of the molecule is CCC(C)CS(=O)(=O)CCn1cc(C(=O)O)nn1. The lowest BCUT2D eigenvalue weighted by molar-refractivity contribution is 0.0690. The second kappa shape index (κ2) is 5.94. The van der Waals surface area contributed by atoms with Crippen LogP contribution < -0.4 is 0 Å². The molecule has 0 aliphatic heterocycles. The monoisotopic (exact) mass is 275 g/mol. The summed E-state index contributed by atoms with van der Waals surface area (Å²) in [6, 6.07) is 0. The van der Waals surface area contributed by atoms with Crippen molar-refractivity contribution in [2.45, 2.75) is 26.8 Å². The minimum Gasteiger partial charge on any atom is -0.476 e. The molecular weight excluding hydrogens is 258 g/mol. The molecule has 8 heteroatoms. The first kappa shape index (κ1) is 14.6. The second-order valence-corrected chi connectivity index (χ2v) is 6.53. The van der Waals surface area contributed by atoms with Gasteiger partial charge in [0.15, 0.2) is 15.5 Å². The van der Waals surface area contributed by atoms with E-state index in [4.69, 9.17) is 5.11 Å². The van der Waals surface area contributed by atoms with Crippen molar-refractivity contribution in [1.82, 2.24) is 15.0 Å². The molecule has 1 atom stereocenters. The van der Waals surface area contributed by atoms with Gasteiger partial charge >= 0.3 is 5.97 Å². The molecule has 0 spiro atoms. The maximum atomic E-state index is 11.7. The van der Waals surface area contributed by atoms with Crippen LogP contribution in [0.1, 0.15) is 30.8 Å². The van der Waals surface area contributed by atoms with Crippen molar-refractivity contribution in [3.8, 4) is 0 Å². The lowest BCUT2D eigenvalue weighted by atomic mass is 10.2. The Morgan fingerprint density at radius 1 is 1.56 bits per heavy atom. The normalized spacial score (nSPS) is 13.4. The van der Waals surface area contributed by atoms with E-state index in [0.717, 1.165) is 6.42 Å². The van der Waals surface area contributed by atoms with Crippen LogP contribution in [0, 0.1) is 5.92 Å². The standard InChI is InChI=1S/C10H17N3O4S/c1-3-8(2)7-18(16,17)5-4-13-6-9(10(14)15)11-12-13/h6,8H,3-5,7H2,1-2H3,(H,14,15). The quantitative estimate of drug-likeness (QED) is 0.774. The Labute approximate surface area is 106 Å². The molecule has 0 amide bonds. The average Bonchev–Trinajstić information content (AvgIpc) is 2.74. The summed E-state index contributed by atoms with van der Waals surface area (Å²) >= 11 is 0. The van der Waals surface area contributed by atoms with E-state index in [0.29, 0.717) is 0 Å². The fourth-order valence-electron chi connectivity index (χ4n) is 1.37. The van der Waals surface area contributed by atoms with Crippen molar-refractivity contribution in [2.75, 3.05) is 11.5 Å². The molecule has 18 heavy (non-hydrogen) atoms. The highest BCUT2D eigenvalue weighted by atomic mass is 32.2. The van der Waals surface area contributed by atoms with Crippen LogP contribution in [0.2, 0.25) is 0 Å². The number of rotatable bonds is 7. The number of aromatic nitrogens is 3. The topological polar surface area (TPSA) is 102 Å². The molecule has 1 aromatic rings. The maximum Gasteiger partial charge on any atom is 0.358 e. The van der Waals surface area contributed by atoms with Crippen molar-refractivity contribution in [2.24, 2.45) is 5.92 Å². The Kier molecular flexibility index (Phi) is 4.83. The Balaban J connectivity index is 2.56. The molecule has 1 rings (SSSR count). The van der Waals surface area contributed by atoms with Gasteiger partial charge in [-0.05, 0) is 5.92 Å². The molecule has 1 aromatic heterocycles. The fourth-order valence-corrected chi connectivity index (χ4v) is 3.11. The van der Waals surface area contributed by atoms with Crippen LogP contribution in [-0.2, 0) is 16.4 Å². The largest absolute Gasteiger partial charge is 0.476 e. The van der Waals surface area contributed by atoms with Crippen LogP contribution >= 0.6 is 0 Å². The van der Waals surface area contributed by atoms with Gasteiger partial charge in [-0.3, -0.25) is 4.68 Å². The summed E-state index contributed by atoms with van der Waals surface area (Å²) in [7, 11) is -3.14. The van der Waals surface area contributed by atoms with E-state index < -0.39 is 15.8 Å². The summed E-state index contributed by atoms with van der Waals surface area (Å²) in [4.78, 5) is 10.6. The Bertz CT molecular complexity index is 509. The molecule has 0 aliphatic rings. The molecule has 1 N–H and O–H groups in total. The molecule has 0 saturated carbocycles. The predicted octanol–water partition coefficient (Wildman–Crippen LogP) is 0.437. The zero-order valence-electron chi connectivity index (χ0n) is 10.4. The molecule has 0 saturated heterocycles. The van der Waals surface area contributed by atoms with E-state index in [2.05, 4.69) is 10.3 Å². The molecule has 0 fully saturated rings. The Morgan fingerprint density at radius 2 is 2.22 bits per heavy atom. The molecule has 0 bridgehead atoms. The van der Waals surface area contributed by atoms with E-state index in [1.807, 2.05) is 13.8 Å². The van der Waals surface area contributed by atoms with Gasteiger partial charge in [0.2, 0.25) is 0 Å². The number of aromatic carboxylic acids is 1. The third-order valence-corrected chi connectivity index (χ3v) is 4.51. The number of aryl methyl sites for hydroxylation is 1. The molecule has 102 valence electrons. The number of hydrogen-bond donors (Lipinski definition) is 1. The second-order valence-electron chi connectivity index (χ2n) is 4.30. The smallest absolute Gasteiger partial charge is 0.358 e. The number of sulfone groups is 1. The fraction of sp³-hybridized carbons (Fsp3) is 0.700. The first-order valence-electron chi connectivity index (χ1n) is 5.68. The van der Waals surface area contributed by atoms with Gasteiger partial charge in [0.05, 0.1) is 24.2 Å². The summed E-state index contributed by atoms with van der Waals surface area (Å²) in [6.45, 7) is 3.95. The van der Waals surface area contributed by atoms with Crippen molar-refractivity contribution in [1.29, 1.82) is 0 Å². The number of carbonyl (C=O) groups is 1. The highest BCUT2D eigenvalue weighted by Gasteiger charge is 2.16. The number of carboxylic acids is 1. The third kappa shape index (κ3) is 4.44. The summed E-state index contributed by atoms with van der Waals surface area (Å²) in [5, 5.41) is 15.6. The van der Waals surface area contributed by atoms with E-state index in [9.17, 15) is 13.2 Å². The minimum absolute atomic E-state index is 0.0558. The third-order valence-electron chi connectivity index (χ3n) is 2.62. The van der Waals surface area contributed by atoms with Crippen molar-refractivity contribution >= 4 is 15.8 Å². The number of nitrogens with zero attached hydrogens (tertiary/aromatic N) is 3. The van der Waals surface area contributed by atoms with Gasteiger partial charge in [-0.1, -0.05) is 25.5 Å². The lowest BCUT2D eigenvalue weighted by Gasteiger charge is -2.09. The Hall–Kier alpha value is -1.44. The summed E-state index contributed by atoms with van der Waals surface area (Å²) < 4.78 is 24.7. The molecule has 1 heterocycles. The first-order chi connectivity index (χ1) is 8.34. The van der Waals surface area contributed by atoms with Crippen molar-refractivity contribution < 1.29 is 18.3 Å². The van der Waals surface area contributed by atoms with Crippen LogP contribution in [0.3, 0.4) is 0 Å². The lowest BCUT2D eigenvalue weighted by Crippen LogP contribution is -2.20. The molecule has 0 aromatic carbocycles. The highest BCUT2D eigenvalue weighted by Crippen LogP contribution is 2.06. The first-order valence-corrected chi connectivity index (χ1v) is 7.50. The molecular formula is C10H17N3O4S. The summed E-state index contributed by atoms with van der Waals surface area (Å²) in [6.07, 6.45) is 2.03. The highest BCUT2D eigenvalue weighted by molar-refractivity contribution is 7.91. The molecule has 0 radical (unpaired) electrons. The average molecular weight is 275 g/mol. The van der Waals surface area contributed by atoms with Gasteiger partial charge in [-0.25, -0.2) is 13.2 Å². The van der Waals surface area contributed by atoms with E-state index in [-0.39, 0.29) is 29.7 Å². The minimum atomic E-state index is -3.14. The van der Waals surface area contributed by atoms with Crippen LogP contribution in [0.5, 0.6) is 0 Å². The zero-order valence-corrected chi connectivity index (χ0v) is 11.2. The van der Waals surface area contributed by atoms with Gasteiger partial charge < -0.3 is 5.11 Å². The van der Waals surface area contributed by atoms with Gasteiger partial charge in [-0.2, -0.15) is 0 Å². The molecule has 1 unspecified atom stereocenters. The van der Waals surface area contributed by atoms with Crippen LogP contribution in [-0.4, -0.2) is 46.0 Å². The van der Waals surface area contributed by atoms with Gasteiger partial charge in [0.25, 0.3) is 0 Å². The van der Waals surface area contributed by atoms with Crippen molar-refractivity contribution in [3.05, 3.63) is 11.9 Å². The predicted molar refractivity (Wildman–Crippen MR) is 65.1 cm³/mol. The van der Waals surface area contributed by atoms with Gasteiger partial charge in [-0.15, -0.1) is 5.10 Å². The van der Waals surface area contributed by atoms with E-state index in [1.54, 1.807) is 0 Å². The van der Waals surface area contributed by atoms with E-state index >= 15 is 0 Å². The summed E-state index contributed by atoms with van der Waals surface area (Å²) in [5.41, 5.74) is -0.186. The molecule has 0 aliphatic carbocycles. The summed E-state index contributed by atoms with van der Waals surface area (Å²) in [5.74, 6) is -0.965. The van der Waals surface area contributed by atoms with Gasteiger partial charge in [0, 0.05) is 0 Å². The van der Waals surface area contributed by atoms with E-state index in [1.165, 1.54) is 10.9 Å². The number of carboxylic acid groups (broad SMARTS) is 1. The van der Waals surface area contributed by atoms with Crippen LogP contribution in [0.15, 0.2) is 6.20 Å². The molecule has 7 nitrogen and oxygen atoms in total. The maximum absolute atomic E-state index is 11.7. The van der Waals surface area contributed by atoms with Crippen molar-refractivity contribution in [3.63, 3.8) is 0 Å². The van der Waals surface area contributed by atoms with Crippen LogP contribution in [0.25, 0.3) is 0 Å². The van der Waals surface area contributed by atoms with Gasteiger partial charge in [0.1, 0.15) is 0 Å². The Morgan fingerprint density at radius 3 is 2.72 bits per heavy atom. The van der Waals surface area contributed by atoms with Crippen LogP contribution in [0.4, 0.5) is 0 Å². The number of hydrogen-bond acceptors (Lipinski definition) is 5.